The van der Waals surface area contributed by atoms with E-state index in [0.29, 0.717) is 17.8 Å². The molecule has 0 aliphatic heterocycles. The van der Waals surface area contributed by atoms with Gasteiger partial charge in [0, 0.05) is 18.3 Å². The van der Waals surface area contributed by atoms with Gasteiger partial charge in [-0.1, -0.05) is 6.92 Å². The minimum Gasteiger partial charge on any atom is -0.476 e. The highest BCUT2D eigenvalue weighted by Gasteiger charge is 2.10. The molecule has 0 fully saturated rings. The zero-order valence-electron chi connectivity index (χ0n) is 9.34. The van der Waals surface area contributed by atoms with Crippen LogP contribution >= 0.6 is 11.3 Å². The molecular formula is C9H14N2O4S2. The van der Waals surface area contributed by atoms with Gasteiger partial charge in [0.2, 0.25) is 10.0 Å². The molecule has 0 aliphatic carbocycles. The number of rotatable bonds is 7. The molecule has 0 bridgehead atoms. The van der Waals surface area contributed by atoms with Gasteiger partial charge in [0.05, 0.1) is 10.8 Å². The topological polar surface area (TPSA) is 96.4 Å². The summed E-state index contributed by atoms with van der Waals surface area (Å²) in [6.07, 6.45) is 0.969. The third-order valence-corrected chi connectivity index (χ3v) is 4.40. The minimum atomic E-state index is -3.20. The molecule has 0 radical (unpaired) electrons. The van der Waals surface area contributed by atoms with Crippen molar-refractivity contribution in [3.8, 4) is 0 Å². The number of nitrogens with zero attached hydrogens (tertiary/aromatic N) is 1. The van der Waals surface area contributed by atoms with E-state index in [9.17, 15) is 13.2 Å². The third kappa shape index (κ3) is 4.80. The number of carboxylic acids is 1. The van der Waals surface area contributed by atoms with E-state index >= 15 is 0 Å². The largest absolute Gasteiger partial charge is 0.476 e. The molecule has 0 spiro atoms. The van der Waals surface area contributed by atoms with Crippen LogP contribution in [0, 0.1) is 0 Å². The lowest BCUT2D eigenvalue weighted by Gasteiger charge is -2.03. The summed E-state index contributed by atoms with van der Waals surface area (Å²) in [7, 11) is -3.20. The molecule has 96 valence electrons. The van der Waals surface area contributed by atoms with Gasteiger partial charge in [-0.2, -0.15) is 0 Å². The van der Waals surface area contributed by atoms with E-state index in [1.807, 2.05) is 0 Å². The van der Waals surface area contributed by atoms with E-state index in [0.717, 1.165) is 0 Å². The molecule has 0 amide bonds. The van der Waals surface area contributed by atoms with Crippen LogP contribution in [-0.2, 0) is 16.4 Å². The number of sulfonamides is 1. The predicted molar refractivity (Wildman–Crippen MR) is 64.9 cm³/mol. The summed E-state index contributed by atoms with van der Waals surface area (Å²) in [5.74, 6) is -0.968. The predicted octanol–water partition coefficient (Wildman–Crippen LogP) is 0.713. The molecular weight excluding hydrogens is 264 g/mol. The molecule has 6 nitrogen and oxygen atoms in total. The van der Waals surface area contributed by atoms with Gasteiger partial charge >= 0.3 is 5.97 Å². The molecule has 1 heterocycles. The zero-order chi connectivity index (χ0) is 12.9. The quantitative estimate of drug-likeness (QED) is 0.766. The van der Waals surface area contributed by atoms with E-state index < -0.39 is 16.0 Å². The van der Waals surface area contributed by atoms with E-state index in [-0.39, 0.29) is 18.0 Å². The van der Waals surface area contributed by atoms with Crippen LogP contribution in [0.15, 0.2) is 5.38 Å². The molecule has 1 aromatic heterocycles. The summed E-state index contributed by atoms with van der Waals surface area (Å²) < 4.78 is 25.1. The summed E-state index contributed by atoms with van der Waals surface area (Å²) >= 11 is 1.22. The molecule has 0 saturated heterocycles. The van der Waals surface area contributed by atoms with Crippen molar-refractivity contribution in [1.29, 1.82) is 0 Å². The van der Waals surface area contributed by atoms with Crippen LogP contribution in [0.5, 0.6) is 0 Å². The second-order valence-corrected chi connectivity index (χ2v) is 6.26. The average molecular weight is 278 g/mol. The maximum atomic E-state index is 11.3. The maximum absolute atomic E-state index is 11.3. The van der Waals surface area contributed by atoms with Crippen LogP contribution in [0.25, 0.3) is 0 Å². The van der Waals surface area contributed by atoms with Crippen molar-refractivity contribution < 1.29 is 18.3 Å². The summed E-state index contributed by atoms with van der Waals surface area (Å²) in [4.78, 5) is 14.4. The summed E-state index contributed by atoms with van der Waals surface area (Å²) in [5.41, 5.74) is 0.00131. The Kier molecular flexibility index (Phi) is 5.03. The Morgan fingerprint density at radius 1 is 1.59 bits per heavy atom. The fourth-order valence-corrected chi connectivity index (χ4v) is 3.05. The van der Waals surface area contributed by atoms with Crippen LogP contribution in [0.1, 0.15) is 28.8 Å². The van der Waals surface area contributed by atoms with Crippen LogP contribution in [0.2, 0.25) is 0 Å². The molecule has 0 aliphatic rings. The fourth-order valence-electron chi connectivity index (χ4n) is 1.18. The van der Waals surface area contributed by atoms with Crippen molar-refractivity contribution in [2.45, 2.75) is 19.8 Å². The molecule has 1 rings (SSSR count). The highest BCUT2D eigenvalue weighted by Crippen LogP contribution is 2.09. The number of aromatic carboxylic acids is 1. The second-order valence-electron chi connectivity index (χ2n) is 3.39. The lowest BCUT2D eigenvalue weighted by molar-refractivity contribution is 0.0691. The average Bonchev–Trinajstić information content (AvgIpc) is 2.66. The number of hydrogen-bond acceptors (Lipinski definition) is 5. The summed E-state index contributed by atoms with van der Waals surface area (Å²) in [6, 6.07) is 0. The Hall–Kier alpha value is -0.990. The number of aromatic nitrogens is 1. The number of carbonyl (C=O) groups is 1. The van der Waals surface area contributed by atoms with Gasteiger partial charge in [0.25, 0.3) is 0 Å². The number of hydrogen-bond donors (Lipinski definition) is 2. The zero-order valence-corrected chi connectivity index (χ0v) is 11.0. The number of nitrogens with one attached hydrogen (secondary N) is 1. The molecule has 2 N–H and O–H groups in total. The van der Waals surface area contributed by atoms with Crippen molar-refractivity contribution in [2.24, 2.45) is 0 Å². The molecule has 8 heteroatoms. The Balaban J connectivity index is 2.43. The standard InChI is InChI=1S/C9H14N2O4S2/c1-2-5-17(14,15)10-4-3-8-11-7(6-16-8)9(12)13/h6,10H,2-5H2,1H3,(H,12,13). The third-order valence-electron chi connectivity index (χ3n) is 1.90. The summed E-state index contributed by atoms with van der Waals surface area (Å²) in [5, 5.41) is 10.7. The Morgan fingerprint density at radius 2 is 2.29 bits per heavy atom. The lowest BCUT2D eigenvalue weighted by atomic mass is 10.4. The SMILES string of the molecule is CCCS(=O)(=O)NCCc1nc(C(=O)O)cs1. The van der Waals surface area contributed by atoms with E-state index in [1.165, 1.54) is 16.7 Å². The molecule has 17 heavy (non-hydrogen) atoms. The van der Waals surface area contributed by atoms with Gasteiger partial charge in [-0.3, -0.25) is 0 Å². The number of thiazole rings is 1. The highest BCUT2D eigenvalue weighted by atomic mass is 32.2. The lowest BCUT2D eigenvalue weighted by Crippen LogP contribution is -2.28. The molecule has 1 aromatic rings. The van der Waals surface area contributed by atoms with Crippen LogP contribution in [0.3, 0.4) is 0 Å². The minimum absolute atomic E-state index is 0.00131. The van der Waals surface area contributed by atoms with E-state index in [4.69, 9.17) is 5.11 Å². The van der Waals surface area contributed by atoms with Crippen molar-refractivity contribution in [3.05, 3.63) is 16.1 Å². The van der Waals surface area contributed by atoms with Gasteiger partial charge in [-0.15, -0.1) is 11.3 Å². The van der Waals surface area contributed by atoms with Gasteiger partial charge in [0.15, 0.2) is 5.69 Å². The molecule has 0 saturated carbocycles. The van der Waals surface area contributed by atoms with Crippen LogP contribution in [-0.4, -0.2) is 36.8 Å². The first-order valence-electron chi connectivity index (χ1n) is 5.09. The monoisotopic (exact) mass is 278 g/mol. The van der Waals surface area contributed by atoms with Crippen molar-refractivity contribution in [1.82, 2.24) is 9.71 Å². The first-order chi connectivity index (χ1) is 7.94. The molecule has 0 atom stereocenters. The Bertz CT molecular complexity index is 481. The Labute approximate surface area is 104 Å². The van der Waals surface area contributed by atoms with E-state index in [1.54, 1.807) is 6.92 Å². The van der Waals surface area contributed by atoms with Crippen molar-refractivity contribution in [2.75, 3.05) is 12.3 Å². The van der Waals surface area contributed by atoms with Gasteiger partial charge in [0.1, 0.15) is 0 Å². The van der Waals surface area contributed by atoms with Crippen molar-refractivity contribution >= 4 is 27.3 Å². The van der Waals surface area contributed by atoms with Crippen LogP contribution < -0.4 is 4.72 Å². The molecule has 0 unspecified atom stereocenters. The highest BCUT2D eigenvalue weighted by molar-refractivity contribution is 7.89. The first-order valence-corrected chi connectivity index (χ1v) is 7.63. The van der Waals surface area contributed by atoms with Gasteiger partial charge < -0.3 is 5.11 Å². The van der Waals surface area contributed by atoms with E-state index in [2.05, 4.69) is 9.71 Å². The van der Waals surface area contributed by atoms with Crippen molar-refractivity contribution in [3.63, 3.8) is 0 Å². The number of carboxylic acid groups (broad SMARTS) is 1. The normalized spacial score (nSPS) is 11.6. The van der Waals surface area contributed by atoms with Crippen LogP contribution in [0.4, 0.5) is 0 Å². The Morgan fingerprint density at radius 3 is 2.82 bits per heavy atom. The van der Waals surface area contributed by atoms with Gasteiger partial charge in [-0.25, -0.2) is 22.9 Å². The van der Waals surface area contributed by atoms with Gasteiger partial charge in [-0.05, 0) is 6.42 Å². The molecule has 0 aromatic carbocycles. The smallest absolute Gasteiger partial charge is 0.355 e. The second kappa shape index (κ2) is 6.08. The summed E-state index contributed by atoms with van der Waals surface area (Å²) in [6.45, 7) is 2.04. The maximum Gasteiger partial charge on any atom is 0.355 e. The fraction of sp³-hybridized carbons (Fsp3) is 0.556. The first kappa shape index (κ1) is 14.1.